The van der Waals surface area contributed by atoms with Gasteiger partial charge in [-0.1, -0.05) is 24.3 Å². The summed E-state index contributed by atoms with van der Waals surface area (Å²) in [6.45, 7) is 6.88. The Labute approximate surface area is 171 Å². The van der Waals surface area contributed by atoms with Crippen molar-refractivity contribution in [1.29, 1.82) is 0 Å². The monoisotopic (exact) mass is 430 g/mol. The Balaban J connectivity index is 2.24. The van der Waals surface area contributed by atoms with Crippen LogP contribution in [0.1, 0.15) is 22.3 Å². The highest BCUT2D eigenvalue weighted by atomic mass is 32.2. The van der Waals surface area contributed by atoms with E-state index < -0.39 is 30.3 Å². The molecule has 152 valence electrons. The molecule has 0 fully saturated rings. The third kappa shape index (κ3) is 3.80. The van der Waals surface area contributed by atoms with Crippen LogP contribution in [0.25, 0.3) is 0 Å². The lowest BCUT2D eigenvalue weighted by atomic mass is 10.2. The average Bonchev–Trinajstić information content (AvgIpc) is 2.65. The first-order valence-electron chi connectivity index (χ1n) is 8.92. The van der Waals surface area contributed by atoms with Gasteiger partial charge in [-0.2, -0.15) is 0 Å². The van der Waals surface area contributed by atoms with Crippen molar-refractivity contribution in [3.05, 3.63) is 76.9 Å². The Kier molecular flexibility index (Phi) is 5.32. The predicted octanol–water partition coefficient (Wildman–Crippen LogP) is 4.29. The molecule has 3 aromatic carbocycles. The summed E-state index contributed by atoms with van der Waals surface area (Å²) in [6, 6.07) is 13.4. The Morgan fingerprint density at radius 3 is 1.59 bits per heavy atom. The first-order valence-corrected chi connectivity index (χ1v) is 11.9. The third-order valence-electron chi connectivity index (χ3n) is 4.80. The van der Waals surface area contributed by atoms with E-state index in [4.69, 9.17) is 0 Å². The summed E-state index contributed by atoms with van der Waals surface area (Å²) < 4.78 is 52.8. The molecular weight excluding hydrogens is 408 g/mol. The van der Waals surface area contributed by atoms with E-state index in [2.05, 4.69) is 0 Å². The summed E-state index contributed by atoms with van der Waals surface area (Å²) in [5.41, 5.74) is 2.59. The smallest absolute Gasteiger partial charge is 0.210 e. The van der Waals surface area contributed by atoms with Crippen molar-refractivity contribution in [3.8, 4) is 5.75 Å². The normalized spacial score (nSPS) is 12.1. The molecule has 0 aromatic heterocycles. The Bertz CT molecular complexity index is 1320. The molecule has 29 heavy (non-hydrogen) atoms. The SMILES string of the molecule is Cc1ccc(C)c(S(=O)(=O)c2ccc(O)c(S(=O)(=O)c3cc(C)ccc3C)c2)c1. The largest absolute Gasteiger partial charge is 0.507 e. The van der Waals surface area contributed by atoms with Crippen LogP contribution in [0.4, 0.5) is 0 Å². The van der Waals surface area contributed by atoms with Crippen LogP contribution in [0.5, 0.6) is 5.75 Å². The fraction of sp³-hybridized carbons (Fsp3) is 0.182. The molecule has 0 bridgehead atoms. The van der Waals surface area contributed by atoms with Crippen molar-refractivity contribution < 1.29 is 21.9 Å². The molecule has 0 heterocycles. The van der Waals surface area contributed by atoms with Crippen molar-refractivity contribution in [2.75, 3.05) is 0 Å². The van der Waals surface area contributed by atoms with E-state index in [1.807, 2.05) is 6.07 Å². The molecular formula is C22H22O5S2. The Morgan fingerprint density at radius 1 is 0.586 bits per heavy atom. The molecule has 0 saturated carbocycles. The minimum Gasteiger partial charge on any atom is -0.507 e. The van der Waals surface area contributed by atoms with E-state index in [1.54, 1.807) is 52.0 Å². The molecule has 0 spiro atoms. The maximum atomic E-state index is 13.2. The Hall–Kier alpha value is -2.64. The van der Waals surface area contributed by atoms with E-state index in [9.17, 15) is 21.9 Å². The first-order chi connectivity index (χ1) is 13.4. The fourth-order valence-corrected chi connectivity index (χ4v) is 6.49. The van der Waals surface area contributed by atoms with Crippen LogP contribution in [-0.2, 0) is 19.7 Å². The third-order valence-corrected chi connectivity index (χ3v) is 8.62. The molecule has 3 aromatic rings. The fourth-order valence-electron chi connectivity index (χ4n) is 3.12. The summed E-state index contributed by atoms with van der Waals surface area (Å²) >= 11 is 0. The molecule has 5 nitrogen and oxygen atoms in total. The van der Waals surface area contributed by atoms with Gasteiger partial charge in [0, 0.05) is 0 Å². The van der Waals surface area contributed by atoms with Gasteiger partial charge in [0.1, 0.15) is 10.6 Å². The van der Waals surface area contributed by atoms with Crippen molar-refractivity contribution in [2.24, 2.45) is 0 Å². The van der Waals surface area contributed by atoms with Crippen LogP contribution in [0, 0.1) is 27.7 Å². The molecule has 0 amide bonds. The van der Waals surface area contributed by atoms with Crippen molar-refractivity contribution in [2.45, 2.75) is 47.3 Å². The number of aryl methyl sites for hydroxylation is 4. The molecule has 0 saturated heterocycles. The lowest BCUT2D eigenvalue weighted by Gasteiger charge is -2.13. The number of hydrogen-bond donors (Lipinski definition) is 1. The molecule has 0 aliphatic carbocycles. The number of phenolic OH excluding ortho intramolecular Hbond substituents is 1. The second-order valence-corrected chi connectivity index (χ2v) is 11.0. The summed E-state index contributed by atoms with van der Waals surface area (Å²) in [5, 5.41) is 10.3. The van der Waals surface area contributed by atoms with Gasteiger partial charge >= 0.3 is 0 Å². The van der Waals surface area contributed by atoms with Crippen LogP contribution < -0.4 is 0 Å². The van der Waals surface area contributed by atoms with Gasteiger partial charge in [0.2, 0.25) is 19.7 Å². The first kappa shape index (κ1) is 21.1. The Morgan fingerprint density at radius 2 is 1.07 bits per heavy atom. The van der Waals surface area contributed by atoms with E-state index in [1.165, 1.54) is 12.1 Å². The van der Waals surface area contributed by atoms with Crippen LogP contribution in [0.2, 0.25) is 0 Å². The van der Waals surface area contributed by atoms with E-state index in [-0.39, 0.29) is 14.7 Å². The number of phenols is 1. The average molecular weight is 431 g/mol. The maximum Gasteiger partial charge on any atom is 0.210 e. The lowest BCUT2D eigenvalue weighted by molar-refractivity contribution is 0.458. The molecule has 1 N–H and O–H groups in total. The summed E-state index contributed by atoms with van der Waals surface area (Å²) in [6.07, 6.45) is 0. The summed E-state index contributed by atoms with van der Waals surface area (Å²) in [5.74, 6) is -0.495. The van der Waals surface area contributed by atoms with E-state index in [0.717, 1.165) is 23.3 Å². The minimum atomic E-state index is -4.12. The highest BCUT2D eigenvalue weighted by Crippen LogP contribution is 2.34. The highest BCUT2D eigenvalue weighted by molar-refractivity contribution is 7.92. The summed E-state index contributed by atoms with van der Waals surface area (Å²) in [4.78, 5) is -0.474. The van der Waals surface area contributed by atoms with E-state index in [0.29, 0.717) is 11.1 Å². The standard InChI is InChI=1S/C22H22O5S2/c1-14-5-7-16(3)20(11-14)28(24,25)18-9-10-19(23)22(13-18)29(26,27)21-12-15(2)6-8-17(21)4/h5-13,23H,1-4H3. The quantitative estimate of drug-likeness (QED) is 0.667. The highest BCUT2D eigenvalue weighted by Gasteiger charge is 2.28. The molecule has 3 rings (SSSR count). The lowest BCUT2D eigenvalue weighted by Crippen LogP contribution is -2.09. The van der Waals surface area contributed by atoms with Gasteiger partial charge in [-0.15, -0.1) is 0 Å². The molecule has 0 radical (unpaired) electrons. The zero-order chi connectivity index (χ0) is 21.6. The van der Waals surface area contributed by atoms with Crippen molar-refractivity contribution >= 4 is 19.7 Å². The van der Waals surface area contributed by atoms with Gasteiger partial charge in [-0.05, 0) is 80.3 Å². The molecule has 0 atom stereocenters. The zero-order valence-electron chi connectivity index (χ0n) is 16.6. The van der Waals surface area contributed by atoms with Crippen molar-refractivity contribution in [1.82, 2.24) is 0 Å². The predicted molar refractivity (Wildman–Crippen MR) is 111 cm³/mol. The van der Waals surface area contributed by atoms with Crippen molar-refractivity contribution in [3.63, 3.8) is 0 Å². The minimum absolute atomic E-state index is 0.0362. The van der Waals surface area contributed by atoms with E-state index >= 15 is 0 Å². The van der Waals surface area contributed by atoms with Gasteiger partial charge < -0.3 is 5.11 Å². The zero-order valence-corrected chi connectivity index (χ0v) is 18.2. The summed E-state index contributed by atoms with van der Waals surface area (Å²) in [7, 11) is -8.09. The number of rotatable bonds is 4. The van der Waals surface area contributed by atoms with Gasteiger partial charge in [-0.25, -0.2) is 16.8 Å². The molecule has 0 aliphatic heterocycles. The molecule has 7 heteroatoms. The molecule has 0 aliphatic rings. The number of aromatic hydroxyl groups is 1. The maximum absolute atomic E-state index is 13.2. The number of hydrogen-bond acceptors (Lipinski definition) is 5. The number of benzene rings is 3. The van der Waals surface area contributed by atoms with Gasteiger partial charge in [0.15, 0.2) is 0 Å². The second kappa shape index (κ2) is 7.31. The topological polar surface area (TPSA) is 88.5 Å². The molecule has 0 unspecified atom stereocenters. The van der Waals surface area contributed by atoms with Crippen LogP contribution >= 0.6 is 0 Å². The van der Waals surface area contributed by atoms with Gasteiger partial charge in [0.25, 0.3) is 0 Å². The second-order valence-electron chi connectivity index (χ2n) is 7.17. The van der Waals surface area contributed by atoms with Crippen LogP contribution in [-0.4, -0.2) is 21.9 Å². The van der Waals surface area contributed by atoms with Crippen LogP contribution in [0.15, 0.2) is 74.2 Å². The van der Waals surface area contributed by atoms with Gasteiger partial charge in [0.05, 0.1) is 14.7 Å². The van der Waals surface area contributed by atoms with Crippen LogP contribution in [0.3, 0.4) is 0 Å². The number of sulfone groups is 2. The van der Waals surface area contributed by atoms with Gasteiger partial charge in [-0.3, -0.25) is 0 Å².